The molecule has 1 aromatic rings. The summed E-state index contributed by atoms with van der Waals surface area (Å²) in [5.41, 5.74) is 6.27. The second-order valence-corrected chi connectivity index (χ2v) is 10.5. The number of ether oxygens (including phenoxy) is 1. The van der Waals surface area contributed by atoms with Crippen LogP contribution in [0.15, 0.2) is 24.3 Å². The van der Waals surface area contributed by atoms with Crippen LogP contribution in [0.1, 0.15) is 71.8 Å². The molecule has 0 aliphatic rings. The van der Waals surface area contributed by atoms with Gasteiger partial charge in [0.2, 0.25) is 17.7 Å². The van der Waals surface area contributed by atoms with Crippen LogP contribution in [0.3, 0.4) is 0 Å². The maximum Gasteiger partial charge on any atom is 0.409 e. The molecule has 0 unspecified atom stereocenters. The van der Waals surface area contributed by atoms with Crippen LogP contribution in [-0.4, -0.2) is 72.7 Å². The smallest absolute Gasteiger partial charge is 0.409 e. The van der Waals surface area contributed by atoms with Gasteiger partial charge in [0.05, 0.1) is 0 Å². The highest BCUT2D eigenvalue weighted by Gasteiger charge is 2.28. The number of urea groups is 1. The van der Waals surface area contributed by atoms with Gasteiger partial charge in [-0.1, -0.05) is 32.9 Å². The Morgan fingerprint density at radius 2 is 1.62 bits per heavy atom. The number of rotatable bonds is 18. The summed E-state index contributed by atoms with van der Waals surface area (Å²) >= 11 is 0. The van der Waals surface area contributed by atoms with Crippen LogP contribution in [0.5, 0.6) is 0 Å². The number of anilines is 1. The summed E-state index contributed by atoms with van der Waals surface area (Å²) in [6, 6.07) is 4.22. The minimum absolute atomic E-state index is 0.0238. The minimum Gasteiger partial charge on any atom is -0.445 e. The second kappa shape index (κ2) is 19.1. The van der Waals surface area contributed by atoms with Crippen LogP contribution < -0.4 is 27.0 Å². The molecule has 0 radical (unpaired) electrons. The average molecular weight is 591 g/mol. The van der Waals surface area contributed by atoms with E-state index < -0.39 is 36.0 Å². The highest BCUT2D eigenvalue weighted by atomic mass is 16.6. The quantitative estimate of drug-likeness (QED) is 0.162. The monoisotopic (exact) mass is 590 g/mol. The van der Waals surface area contributed by atoms with Gasteiger partial charge in [0.15, 0.2) is 0 Å². The van der Waals surface area contributed by atoms with Gasteiger partial charge in [0.25, 0.3) is 0 Å². The predicted octanol–water partition coefficient (Wildman–Crippen LogP) is 2.44. The Labute approximate surface area is 247 Å². The first-order valence-corrected chi connectivity index (χ1v) is 14.2. The van der Waals surface area contributed by atoms with Gasteiger partial charge in [-0.15, -0.1) is 0 Å². The molecule has 0 heterocycles. The molecule has 42 heavy (non-hydrogen) atoms. The number of hydrogen-bond donors (Lipinski definition) is 5. The molecule has 13 nitrogen and oxygen atoms in total. The van der Waals surface area contributed by atoms with Gasteiger partial charge < -0.3 is 41.4 Å². The summed E-state index contributed by atoms with van der Waals surface area (Å²) in [5, 5.41) is 10.7. The Morgan fingerprint density at radius 1 is 0.952 bits per heavy atom. The van der Waals surface area contributed by atoms with Crippen LogP contribution in [0.25, 0.3) is 0 Å². The fourth-order valence-electron chi connectivity index (χ4n) is 3.88. The number of hydrogen-bond acceptors (Lipinski definition) is 7. The summed E-state index contributed by atoms with van der Waals surface area (Å²) < 4.78 is 5.30. The number of nitrogens with one attached hydrogen (secondary N) is 4. The van der Waals surface area contributed by atoms with E-state index in [1.54, 1.807) is 45.2 Å². The highest BCUT2D eigenvalue weighted by molar-refractivity contribution is 5.98. The minimum atomic E-state index is -0.948. The first-order valence-electron chi connectivity index (χ1n) is 14.2. The first-order chi connectivity index (χ1) is 19.8. The first kappa shape index (κ1) is 35.9. The molecule has 0 fully saturated rings. The fourth-order valence-corrected chi connectivity index (χ4v) is 3.88. The third-order valence-corrected chi connectivity index (χ3v) is 6.26. The summed E-state index contributed by atoms with van der Waals surface area (Å²) in [6.45, 7) is 7.61. The molecule has 0 aromatic heterocycles. The maximum atomic E-state index is 13.2. The molecule has 0 aliphatic heterocycles. The molecule has 6 N–H and O–H groups in total. The molecular weight excluding hydrogens is 544 g/mol. The molecule has 6 amide bonds. The molecule has 234 valence electrons. The van der Waals surface area contributed by atoms with Crippen molar-refractivity contribution in [3.05, 3.63) is 29.8 Å². The highest BCUT2D eigenvalue weighted by Crippen LogP contribution is 2.13. The molecule has 0 saturated carbocycles. The zero-order valence-electron chi connectivity index (χ0n) is 25.3. The summed E-state index contributed by atoms with van der Waals surface area (Å²) in [6.07, 6.45) is 1.94. The Morgan fingerprint density at radius 3 is 2.19 bits per heavy atom. The van der Waals surface area contributed by atoms with Crippen molar-refractivity contribution in [2.45, 2.75) is 84.9 Å². The van der Waals surface area contributed by atoms with E-state index in [2.05, 4.69) is 21.3 Å². The standard InChI is InChI=1S/C29H46N6O7/c1-6-9-24(37)34-25(19(2)3)27(39)33-23(11-7-16-31-28(30)40)26(38)32-22-14-12-21(13-15-22)18-42-29(41)35(5)17-8-10-20(4)36/h12-15,19,23,25H,6-11,16-18H2,1-5H3,(H,32,38)(H,33,39)(H,34,37)(H3,30,31,40)/t23-,25-/m0/s1. The Bertz CT molecular complexity index is 1060. The summed E-state index contributed by atoms with van der Waals surface area (Å²) in [4.78, 5) is 74.0. The van der Waals surface area contributed by atoms with Gasteiger partial charge in [0.1, 0.15) is 24.5 Å². The number of carbonyl (C=O) groups is 6. The average Bonchev–Trinajstić information content (AvgIpc) is 2.92. The van der Waals surface area contributed by atoms with Crippen molar-refractivity contribution >= 4 is 41.3 Å². The zero-order valence-corrected chi connectivity index (χ0v) is 25.3. The van der Waals surface area contributed by atoms with E-state index in [1.807, 2.05) is 6.92 Å². The van der Waals surface area contributed by atoms with Crippen molar-refractivity contribution in [2.24, 2.45) is 11.7 Å². The fraction of sp³-hybridized carbons (Fsp3) is 0.586. The number of nitrogens with zero attached hydrogens (tertiary/aromatic N) is 1. The Kier molecular flexibility index (Phi) is 16.3. The van der Waals surface area contributed by atoms with E-state index in [9.17, 15) is 28.8 Å². The van der Waals surface area contributed by atoms with Crippen molar-refractivity contribution in [3.63, 3.8) is 0 Å². The maximum absolute atomic E-state index is 13.2. The third-order valence-electron chi connectivity index (χ3n) is 6.26. The zero-order chi connectivity index (χ0) is 31.7. The Balaban J connectivity index is 2.82. The number of benzene rings is 1. The van der Waals surface area contributed by atoms with Crippen LogP contribution in [-0.2, 0) is 30.5 Å². The lowest BCUT2D eigenvalue weighted by Gasteiger charge is -2.25. The number of amides is 6. The number of primary amides is 1. The Hall–Kier alpha value is -4.16. The molecular formula is C29H46N6O7. The van der Waals surface area contributed by atoms with Gasteiger partial charge in [-0.3, -0.25) is 14.4 Å². The normalized spacial score (nSPS) is 12.0. The van der Waals surface area contributed by atoms with Crippen LogP contribution in [0, 0.1) is 5.92 Å². The van der Waals surface area contributed by atoms with Gasteiger partial charge in [-0.2, -0.15) is 0 Å². The molecule has 0 saturated heterocycles. The van der Waals surface area contributed by atoms with Gasteiger partial charge >= 0.3 is 12.1 Å². The SMILES string of the molecule is CCCC(=O)N[C@H](C(=O)N[C@@H](CCCNC(N)=O)C(=O)Nc1ccc(COC(=O)N(C)CCCC(C)=O)cc1)C(C)C. The third kappa shape index (κ3) is 14.5. The van der Waals surface area contributed by atoms with E-state index in [4.69, 9.17) is 10.5 Å². The van der Waals surface area contributed by atoms with Crippen molar-refractivity contribution in [3.8, 4) is 0 Å². The molecule has 1 aromatic carbocycles. The van der Waals surface area contributed by atoms with E-state index in [-0.39, 0.29) is 43.6 Å². The second-order valence-electron chi connectivity index (χ2n) is 10.5. The number of ketones is 1. The van der Waals surface area contributed by atoms with Crippen molar-refractivity contribution in [1.82, 2.24) is 20.9 Å². The number of carbonyl (C=O) groups excluding carboxylic acids is 6. The predicted molar refractivity (Wildman–Crippen MR) is 158 cm³/mol. The topological polar surface area (TPSA) is 189 Å². The molecule has 0 bridgehead atoms. The lowest BCUT2D eigenvalue weighted by atomic mass is 10.0. The number of nitrogens with two attached hydrogens (primary N) is 1. The summed E-state index contributed by atoms with van der Waals surface area (Å²) in [5.74, 6) is -1.36. The largest absolute Gasteiger partial charge is 0.445 e. The van der Waals surface area contributed by atoms with E-state index in [0.717, 1.165) is 0 Å². The van der Waals surface area contributed by atoms with Crippen molar-refractivity contribution < 1.29 is 33.5 Å². The molecule has 0 aliphatic carbocycles. The lowest BCUT2D eigenvalue weighted by Crippen LogP contribution is -2.54. The van der Waals surface area contributed by atoms with Gasteiger partial charge in [0, 0.05) is 38.7 Å². The van der Waals surface area contributed by atoms with Crippen LogP contribution in [0.4, 0.5) is 15.3 Å². The van der Waals surface area contributed by atoms with E-state index in [0.29, 0.717) is 43.5 Å². The number of Topliss-reactive ketones (excluding diaryl/α,β-unsaturated/α-hetero) is 1. The van der Waals surface area contributed by atoms with Crippen LogP contribution >= 0.6 is 0 Å². The van der Waals surface area contributed by atoms with Gasteiger partial charge in [-0.05, 0) is 56.2 Å². The van der Waals surface area contributed by atoms with Crippen molar-refractivity contribution in [1.29, 1.82) is 0 Å². The van der Waals surface area contributed by atoms with E-state index in [1.165, 1.54) is 11.8 Å². The van der Waals surface area contributed by atoms with E-state index >= 15 is 0 Å². The molecule has 2 atom stereocenters. The molecule has 13 heteroatoms. The van der Waals surface area contributed by atoms with Gasteiger partial charge in [-0.25, -0.2) is 9.59 Å². The molecule has 0 spiro atoms. The van der Waals surface area contributed by atoms with Crippen molar-refractivity contribution in [2.75, 3.05) is 25.5 Å². The lowest BCUT2D eigenvalue weighted by molar-refractivity contribution is -0.132. The molecule has 1 rings (SSSR count). The summed E-state index contributed by atoms with van der Waals surface area (Å²) in [7, 11) is 1.60. The van der Waals surface area contributed by atoms with Crippen LogP contribution in [0.2, 0.25) is 0 Å².